The zero-order valence-corrected chi connectivity index (χ0v) is 8.16. The van der Waals surface area contributed by atoms with Crippen molar-refractivity contribution in [2.45, 2.75) is 25.3 Å². The fraction of sp³-hybridized carbons (Fsp3) is 0.900. The van der Waals surface area contributed by atoms with Crippen molar-refractivity contribution >= 4 is 5.78 Å². The highest BCUT2D eigenvalue weighted by molar-refractivity contribution is 5.82. The standard InChI is InChI=1S/C10H17NO2/c1-11(9-2-3-9)6-8-7-13-5-4-10(8)12/h8-9H,2-7H2,1H3. The monoisotopic (exact) mass is 183 g/mol. The highest BCUT2D eigenvalue weighted by Gasteiger charge is 2.30. The van der Waals surface area contributed by atoms with Gasteiger partial charge in [0, 0.05) is 19.0 Å². The summed E-state index contributed by atoms with van der Waals surface area (Å²) in [5.41, 5.74) is 0. The molecule has 0 radical (unpaired) electrons. The van der Waals surface area contributed by atoms with Crippen molar-refractivity contribution < 1.29 is 9.53 Å². The molecule has 0 bridgehead atoms. The smallest absolute Gasteiger partial charge is 0.141 e. The van der Waals surface area contributed by atoms with E-state index >= 15 is 0 Å². The summed E-state index contributed by atoms with van der Waals surface area (Å²) >= 11 is 0. The highest BCUT2D eigenvalue weighted by Crippen LogP contribution is 2.26. The molecule has 0 aromatic carbocycles. The topological polar surface area (TPSA) is 29.5 Å². The summed E-state index contributed by atoms with van der Waals surface area (Å²) in [6.07, 6.45) is 3.22. The summed E-state index contributed by atoms with van der Waals surface area (Å²) in [4.78, 5) is 13.8. The molecule has 3 heteroatoms. The van der Waals surface area contributed by atoms with E-state index in [1.54, 1.807) is 0 Å². The van der Waals surface area contributed by atoms with Crippen LogP contribution in [0.3, 0.4) is 0 Å². The number of ether oxygens (including phenoxy) is 1. The molecule has 1 unspecified atom stereocenters. The molecule has 1 saturated carbocycles. The Bertz CT molecular complexity index is 201. The first-order chi connectivity index (χ1) is 6.27. The van der Waals surface area contributed by atoms with Crippen LogP contribution < -0.4 is 0 Å². The van der Waals surface area contributed by atoms with Crippen LogP contribution in [-0.2, 0) is 9.53 Å². The van der Waals surface area contributed by atoms with Crippen molar-refractivity contribution in [2.75, 3.05) is 26.8 Å². The molecule has 3 nitrogen and oxygen atoms in total. The molecule has 0 aromatic rings. The van der Waals surface area contributed by atoms with Crippen LogP contribution in [0.5, 0.6) is 0 Å². The number of rotatable bonds is 3. The molecule has 2 aliphatic rings. The fourth-order valence-electron chi connectivity index (χ4n) is 1.86. The van der Waals surface area contributed by atoms with Crippen molar-refractivity contribution in [1.29, 1.82) is 0 Å². The van der Waals surface area contributed by atoms with Gasteiger partial charge in [-0.15, -0.1) is 0 Å². The third-order valence-electron chi connectivity index (χ3n) is 2.95. The van der Waals surface area contributed by atoms with Gasteiger partial charge >= 0.3 is 0 Å². The van der Waals surface area contributed by atoms with Crippen molar-refractivity contribution in [3.8, 4) is 0 Å². The lowest BCUT2D eigenvalue weighted by molar-refractivity contribution is -0.131. The molecule has 2 fully saturated rings. The van der Waals surface area contributed by atoms with Gasteiger partial charge in [0.05, 0.1) is 19.1 Å². The Morgan fingerprint density at radius 2 is 2.31 bits per heavy atom. The molecule has 1 heterocycles. The molecular weight excluding hydrogens is 166 g/mol. The molecule has 1 aliphatic carbocycles. The number of nitrogens with zero attached hydrogens (tertiary/aromatic N) is 1. The number of hydrogen-bond donors (Lipinski definition) is 0. The largest absolute Gasteiger partial charge is 0.380 e. The van der Waals surface area contributed by atoms with Crippen molar-refractivity contribution in [3.05, 3.63) is 0 Å². The predicted octanol–water partition coefficient (Wildman–Crippen LogP) is 0.686. The third kappa shape index (κ3) is 2.29. The number of hydrogen-bond acceptors (Lipinski definition) is 3. The second kappa shape index (κ2) is 3.76. The van der Waals surface area contributed by atoms with Crippen LogP contribution in [0.25, 0.3) is 0 Å². The number of ketones is 1. The molecule has 1 aliphatic heterocycles. The van der Waals surface area contributed by atoms with Gasteiger partial charge in [0.2, 0.25) is 0 Å². The number of carbonyl (C=O) groups is 1. The minimum Gasteiger partial charge on any atom is -0.380 e. The molecule has 0 spiro atoms. The van der Waals surface area contributed by atoms with Gasteiger partial charge in [-0.05, 0) is 19.9 Å². The summed E-state index contributed by atoms with van der Waals surface area (Å²) in [6, 6.07) is 0.745. The molecule has 1 saturated heterocycles. The van der Waals surface area contributed by atoms with Gasteiger partial charge in [-0.25, -0.2) is 0 Å². The Kier molecular flexibility index (Phi) is 2.65. The Morgan fingerprint density at radius 3 is 2.92 bits per heavy atom. The van der Waals surface area contributed by atoms with Crippen LogP contribution >= 0.6 is 0 Å². The Morgan fingerprint density at radius 1 is 1.54 bits per heavy atom. The van der Waals surface area contributed by atoms with Gasteiger partial charge in [-0.3, -0.25) is 4.79 Å². The second-order valence-electron chi connectivity index (χ2n) is 4.16. The molecule has 0 amide bonds. The van der Waals surface area contributed by atoms with E-state index in [9.17, 15) is 4.79 Å². The van der Waals surface area contributed by atoms with Gasteiger partial charge in [-0.1, -0.05) is 0 Å². The first-order valence-corrected chi connectivity index (χ1v) is 5.08. The maximum absolute atomic E-state index is 11.5. The van der Waals surface area contributed by atoms with Gasteiger partial charge in [0.1, 0.15) is 5.78 Å². The maximum atomic E-state index is 11.5. The van der Waals surface area contributed by atoms with Crippen LogP contribution in [0, 0.1) is 5.92 Å². The van der Waals surface area contributed by atoms with Crippen LogP contribution in [-0.4, -0.2) is 43.5 Å². The first-order valence-electron chi connectivity index (χ1n) is 5.08. The lowest BCUT2D eigenvalue weighted by Crippen LogP contribution is -2.37. The lowest BCUT2D eigenvalue weighted by Gasteiger charge is -2.25. The van der Waals surface area contributed by atoms with E-state index in [1.165, 1.54) is 12.8 Å². The van der Waals surface area contributed by atoms with Crippen LogP contribution in [0.2, 0.25) is 0 Å². The van der Waals surface area contributed by atoms with Crippen LogP contribution in [0.4, 0.5) is 0 Å². The molecule has 74 valence electrons. The number of Topliss-reactive ketones (excluding diaryl/α,β-unsaturated/α-hetero) is 1. The van der Waals surface area contributed by atoms with E-state index in [2.05, 4.69) is 11.9 Å². The van der Waals surface area contributed by atoms with E-state index < -0.39 is 0 Å². The summed E-state index contributed by atoms with van der Waals surface area (Å²) in [5, 5.41) is 0. The molecule has 13 heavy (non-hydrogen) atoms. The van der Waals surface area contributed by atoms with E-state index in [1.807, 2.05) is 0 Å². The van der Waals surface area contributed by atoms with Crippen LogP contribution in [0.1, 0.15) is 19.3 Å². The average Bonchev–Trinajstić information content (AvgIpc) is 2.91. The lowest BCUT2D eigenvalue weighted by atomic mass is 10.0. The minimum atomic E-state index is 0.138. The third-order valence-corrected chi connectivity index (χ3v) is 2.95. The van der Waals surface area contributed by atoms with Gasteiger partial charge < -0.3 is 9.64 Å². The van der Waals surface area contributed by atoms with Gasteiger partial charge in [-0.2, -0.15) is 0 Å². The highest BCUT2D eigenvalue weighted by atomic mass is 16.5. The molecule has 1 atom stereocenters. The van der Waals surface area contributed by atoms with Crippen LogP contribution in [0.15, 0.2) is 0 Å². The molecular formula is C10H17NO2. The maximum Gasteiger partial charge on any atom is 0.141 e. The quantitative estimate of drug-likeness (QED) is 0.644. The number of carbonyl (C=O) groups excluding carboxylic acids is 1. The van der Waals surface area contributed by atoms with Gasteiger partial charge in [0.25, 0.3) is 0 Å². The van der Waals surface area contributed by atoms with Crippen molar-refractivity contribution in [3.63, 3.8) is 0 Å². The zero-order chi connectivity index (χ0) is 9.26. The summed E-state index contributed by atoms with van der Waals surface area (Å²) in [6.45, 7) is 2.15. The van der Waals surface area contributed by atoms with E-state index in [4.69, 9.17) is 4.74 Å². The van der Waals surface area contributed by atoms with Gasteiger partial charge in [0.15, 0.2) is 0 Å². The SMILES string of the molecule is CN(CC1COCCC1=O)C1CC1. The summed E-state index contributed by atoms with van der Waals surface area (Å²) in [7, 11) is 2.11. The summed E-state index contributed by atoms with van der Waals surface area (Å²) in [5.74, 6) is 0.526. The van der Waals surface area contributed by atoms with E-state index in [0.29, 0.717) is 25.4 Å². The predicted molar refractivity (Wildman–Crippen MR) is 49.6 cm³/mol. The van der Waals surface area contributed by atoms with E-state index in [0.717, 1.165) is 12.6 Å². The minimum absolute atomic E-state index is 0.138. The normalized spacial score (nSPS) is 29.7. The van der Waals surface area contributed by atoms with Crippen molar-refractivity contribution in [1.82, 2.24) is 4.90 Å². The van der Waals surface area contributed by atoms with Crippen molar-refractivity contribution in [2.24, 2.45) is 5.92 Å². The fourth-order valence-corrected chi connectivity index (χ4v) is 1.86. The van der Waals surface area contributed by atoms with E-state index in [-0.39, 0.29) is 5.92 Å². The Hall–Kier alpha value is -0.410. The summed E-state index contributed by atoms with van der Waals surface area (Å²) < 4.78 is 5.31. The Balaban J connectivity index is 1.81. The molecule has 0 N–H and O–H groups in total. The Labute approximate surface area is 79.0 Å². The molecule has 0 aromatic heterocycles. The second-order valence-corrected chi connectivity index (χ2v) is 4.16. The zero-order valence-electron chi connectivity index (χ0n) is 8.16. The molecule has 2 rings (SSSR count). The average molecular weight is 183 g/mol. The first kappa shape index (κ1) is 9.16.